The number of non-ortho nitro benzene ring substituents is 1. The molecule has 2 aromatic carbocycles. The van der Waals surface area contributed by atoms with Crippen molar-refractivity contribution in [3.8, 4) is 0 Å². The predicted octanol–water partition coefficient (Wildman–Crippen LogP) is 2.88. The van der Waals surface area contributed by atoms with Crippen LogP contribution in [0.2, 0.25) is 0 Å². The molecule has 0 atom stereocenters. The Labute approximate surface area is 123 Å². The van der Waals surface area contributed by atoms with Gasteiger partial charge in [-0.15, -0.1) is 0 Å². The summed E-state index contributed by atoms with van der Waals surface area (Å²) in [6.07, 6.45) is 2.82. The Morgan fingerprint density at radius 2 is 1.62 bits per heavy atom. The van der Waals surface area contributed by atoms with Crippen LogP contribution in [0.1, 0.15) is 16.7 Å². The average Bonchev–Trinajstić information content (AvgIpc) is 2.86. The Morgan fingerprint density at radius 3 is 2.10 bits per heavy atom. The van der Waals surface area contributed by atoms with E-state index in [-0.39, 0.29) is 16.0 Å². The van der Waals surface area contributed by atoms with Crippen LogP contribution in [0, 0.1) is 15.5 Å². The number of nitro benzene ring substituents is 1. The zero-order valence-electron chi connectivity index (χ0n) is 11.8. The van der Waals surface area contributed by atoms with Crippen LogP contribution in [-0.4, -0.2) is 11.5 Å². The maximum atomic E-state index is 10.7. The molecule has 0 fully saturated rings. The first-order valence-corrected chi connectivity index (χ1v) is 7.12. The molecular weight excluding hydrogens is 264 g/mol. The van der Waals surface area contributed by atoms with Gasteiger partial charge >= 0.3 is 0 Å². The van der Waals surface area contributed by atoms with Gasteiger partial charge in [-0.2, -0.15) is 0 Å². The lowest BCUT2D eigenvalue weighted by Crippen LogP contribution is -2.33. The molecule has 4 nitrogen and oxygen atoms in total. The van der Waals surface area contributed by atoms with Crippen LogP contribution in [-0.2, 0) is 19.3 Å². The maximum absolute atomic E-state index is 10.7. The number of hydrogen-bond donors (Lipinski definition) is 1. The fraction of sp³-hybridized carbons (Fsp3) is 0.294. The van der Waals surface area contributed by atoms with Crippen molar-refractivity contribution >= 4 is 5.69 Å². The molecule has 0 bridgehead atoms. The van der Waals surface area contributed by atoms with Crippen LogP contribution >= 0.6 is 0 Å². The highest BCUT2D eigenvalue weighted by Gasteiger charge is 2.35. The largest absolute Gasteiger partial charge is 0.330 e. The molecule has 0 amide bonds. The van der Waals surface area contributed by atoms with E-state index in [9.17, 15) is 10.1 Å². The number of hydrogen-bond acceptors (Lipinski definition) is 3. The van der Waals surface area contributed by atoms with Crippen molar-refractivity contribution in [2.75, 3.05) is 6.54 Å². The quantitative estimate of drug-likeness (QED) is 0.692. The van der Waals surface area contributed by atoms with E-state index in [1.165, 1.54) is 11.1 Å². The number of rotatable bonds is 4. The minimum Gasteiger partial charge on any atom is -0.330 e. The normalized spacial score (nSPS) is 15.7. The zero-order valence-corrected chi connectivity index (χ0v) is 11.8. The lowest BCUT2D eigenvalue weighted by Gasteiger charge is -2.27. The highest BCUT2D eigenvalue weighted by molar-refractivity contribution is 5.37. The molecule has 21 heavy (non-hydrogen) atoms. The molecule has 0 spiro atoms. The topological polar surface area (TPSA) is 69.2 Å². The van der Waals surface area contributed by atoms with Crippen LogP contribution in [0.4, 0.5) is 5.69 Å². The maximum Gasteiger partial charge on any atom is 0.269 e. The molecular formula is C17H18N2O2. The highest BCUT2D eigenvalue weighted by atomic mass is 16.6. The smallest absolute Gasteiger partial charge is 0.269 e. The molecule has 4 heteroatoms. The second-order valence-electron chi connectivity index (χ2n) is 5.93. The van der Waals surface area contributed by atoms with Gasteiger partial charge in [-0.3, -0.25) is 10.1 Å². The first-order chi connectivity index (χ1) is 10.1. The predicted molar refractivity (Wildman–Crippen MR) is 82.1 cm³/mol. The summed E-state index contributed by atoms with van der Waals surface area (Å²) in [7, 11) is 0. The highest BCUT2D eigenvalue weighted by Crippen LogP contribution is 2.39. The van der Waals surface area contributed by atoms with E-state index >= 15 is 0 Å². The van der Waals surface area contributed by atoms with E-state index in [1.807, 2.05) is 12.1 Å². The van der Waals surface area contributed by atoms with Crippen LogP contribution < -0.4 is 5.73 Å². The van der Waals surface area contributed by atoms with Gasteiger partial charge in [-0.25, -0.2) is 0 Å². The standard InChI is InChI=1S/C17H18N2O2/c18-12-17(10-14-3-1-2-4-15(14)11-17)9-13-5-7-16(8-6-13)19(20)21/h1-8H,9-12,18H2. The molecule has 2 N–H and O–H groups in total. The molecule has 0 aliphatic heterocycles. The minimum atomic E-state index is -0.367. The van der Waals surface area contributed by atoms with Crippen molar-refractivity contribution in [1.82, 2.24) is 0 Å². The van der Waals surface area contributed by atoms with Gasteiger partial charge in [0, 0.05) is 12.1 Å². The third-order valence-corrected chi connectivity index (χ3v) is 4.41. The Bertz CT molecular complexity index is 640. The molecule has 0 saturated carbocycles. The van der Waals surface area contributed by atoms with Crippen molar-refractivity contribution in [3.63, 3.8) is 0 Å². The summed E-state index contributed by atoms with van der Waals surface area (Å²) < 4.78 is 0. The van der Waals surface area contributed by atoms with Gasteiger partial charge in [0.15, 0.2) is 0 Å². The SMILES string of the molecule is NCC1(Cc2ccc([N+](=O)[O-])cc2)Cc2ccccc2C1. The molecule has 1 aliphatic carbocycles. The van der Waals surface area contributed by atoms with Crippen LogP contribution in [0.5, 0.6) is 0 Å². The van der Waals surface area contributed by atoms with Gasteiger partial charge in [0.2, 0.25) is 0 Å². The molecule has 0 aromatic heterocycles. The Hall–Kier alpha value is -2.20. The van der Waals surface area contributed by atoms with Crippen molar-refractivity contribution in [2.24, 2.45) is 11.1 Å². The molecule has 0 radical (unpaired) electrons. The number of fused-ring (bicyclic) bond motifs is 1. The van der Waals surface area contributed by atoms with E-state index in [0.29, 0.717) is 6.54 Å². The zero-order chi connectivity index (χ0) is 14.9. The lowest BCUT2D eigenvalue weighted by atomic mass is 9.79. The van der Waals surface area contributed by atoms with E-state index in [2.05, 4.69) is 24.3 Å². The summed E-state index contributed by atoms with van der Waals surface area (Å²) in [5, 5.41) is 10.7. The molecule has 0 heterocycles. The fourth-order valence-electron chi connectivity index (χ4n) is 3.28. The summed E-state index contributed by atoms with van der Waals surface area (Å²) in [5.74, 6) is 0. The summed E-state index contributed by atoms with van der Waals surface area (Å²) in [5.41, 5.74) is 10.1. The van der Waals surface area contributed by atoms with Crippen LogP contribution in [0.15, 0.2) is 48.5 Å². The third kappa shape index (κ3) is 2.67. The van der Waals surface area contributed by atoms with Crippen molar-refractivity contribution in [3.05, 3.63) is 75.3 Å². The Balaban J connectivity index is 1.81. The summed E-state index contributed by atoms with van der Waals surface area (Å²) in [6, 6.07) is 15.3. The van der Waals surface area contributed by atoms with E-state index in [1.54, 1.807) is 12.1 Å². The van der Waals surface area contributed by atoms with Gasteiger partial charge < -0.3 is 5.73 Å². The first kappa shape index (κ1) is 13.8. The van der Waals surface area contributed by atoms with Crippen molar-refractivity contribution < 1.29 is 4.92 Å². The third-order valence-electron chi connectivity index (χ3n) is 4.41. The summed E-state index contributed by atoms with van der Waals surface area (Å²) in [6.45, 7) is 0.624. The number of nitrogens with two attached hydrogens (primary N) is 1. The first-order valence-electron chi connectivity index (χ1n) is 7.12. The van der Waals surface area contributed by atoms with Crippen LogP contribution in [0.25, 0.3) is 0 Å². The van der Waals surface area contributed by atoms with Gasteiger partial charge in [-0.1, -0.05) is 36.4 Å². The summed E-state index contributed by atoms with van der Waals surface area (Å²) in [4.78, 5) is 10.3. The van der Waals surface area contributed by atoms with Crippen molar-refractivity contribution in [1.29, 1.82) is 0 Å². The van der Waals surface area contributed by atoms with Gasteiger partial charge in [0.1, 0.15) is 0 Å². The number of nitro groups is 1. The molecule has 108 valence electrons. The van der Waals surface area contributed by atoms with E-state index in [4.69, 9.17) is 5.73 Å². The average molecular weight is 282 g/mol. The molecule has 2 aromatic rings. The fourth-order valence-corrected chi connectivity index (χ4v) is 3.28. The molecule has 3 rings (SSSR count). The number of nitrogens with zero attached hydrogens (tertiary/aromatic N) is 1. The van der Waals surface area contributed by atoms with E-state index < -0.39 is 0 Å². The van der Waals surface area contributed by atoms with Gasteiger partial charge in [-0.05, 0) is 47.9 Å². The van der Waals surface area contributed by atoms with Crippen molar-refractivity contribution in [2.45, 2.75) is 19.3 Å². The number of benzene rings is 2. The Morgan fingerprint density at radius 1 is 1.05 bits per heavy atom. The monoisotopic (exact) mass is 282 g/mol. The molecule has 0 saturated heterocycles. The van der Waals surface area contributed by atoms with Gasteiger partial charge in [0.05, 0.1) is 4.92 Å². The minimum absolute atomic E-state index is 0.0415. The van der Waals surface area contributed by atoms with Gasteiger partial charge in [0.25, 0.3) is 5.69 Å². The second-order valence-corrected chi connectivity index (χ2v) is 5.93. The summed E-state index contributed by atoms with van der Waals surface area (Å²) >= 11 is 0. The second kappa shape index (κ2) is 5.30. The lowest BCUT2D eigenvalue weighted by molar-refractivity contribution is -0.384. The molecule has 1 aliphatic rings. The Kier molecular flexibility index (Phi) is 3.47. The van der Waals surface area contributed by atoms with Crippen LogP contribution in [0.3, 0.4) is 0 Å². The van der Waals surface area contributed by atoms with E-state index in [0.717, 1.165) is 24.8 Å². The molecule has 0 unspecified atom stereocenters.